The van der Waals surface area contributed by atoms with E-state index in [1.807, 2.05) is 18.2 Å². The van der Waals surface area contributed by atoms with Crippen molar-refractivity contribution >= 4 is 29.9 Å². The lowest BCUT2D eigenvalue weighted by molar-refractivity contribution is 0.173. The van der Waals surface area contributed by atoms with Crippen LogP contribution in [0, 0.1) is 0 Å². The second-order valence-electron chi connectivity index (χ2n) is 4.82. The Bertz CT molecular complexity index is 497. The van der Waals surface area contributed by atoms with Crippen LogP contribution in [0.15, 0.2) is 23.2 Å². The maximum absolute atomic E-state index is 5.68. The molecule has 1 aromatic carbocycles. The van der Waals surface area contributed by atoms with Crippen molar-refractivity contribution < 1.29 is 14.2 Å². The molecule has 0 saturated carbocycles. The third kappa shape index (κ3) is 5.43. The van der Waals surface area contributed by atoms with E-state index in [1.165, 1.54) is 0 Å². The molecule has 1 atom stereocenters. The van der Waals surface area contributed by atoms with Crippen molar-refractivity contribution in [1.29, 1.82) is 0 Å². The summed E-state index contributed by atoms with van der Waals surface area (Å²) in [6, 6.07) is 5.97. The summed E-state index contributed by atoms with van der Waals surface area (Å²) in [6.45, 7) is 5.74. The van der Waals surface area contributed by atoms with Crippen molar-refractivity contribution in [2.45, 2.75) is 26.3 Å². The van der Waals surface area contributed by atoms with E-state index in [4.69, 9.17) is 14.2 Å². The SMILES string of the molecule is CCC(C)NC(=NC)NCCOc1ccc2c(c1)OCO2.I. The fourth-order valence-corrected chi connectivity index (χ4v) is 1.84. The summed E-state index contributed by atoms with van der Waals surface area (Å²) >= 11 is 0. The Kier molecular flexibility index (Phi) is 8.15. The molecule has 1 unspecified atom stereocenters. The van der Waals surface area contributed by atoms with Gasteiger partial charge < -0.3 is 24.8 Å². The van der Waals surface area contributed by atoms with Crippen molar-refractivity contribution in [2.75, 3.05) is 27.0 Å². The standard InChI is InChI=1S/C15H23N3O3.HI/c1-4-11(2)18-15(16-3)17-7-8-19-12-5-6-13-14(9-12)21-10-20-13;/h5-6,9,11H,4,7-8,10H2,1-3H3,(H2,16,17,18);1H. The zero-order valence-electron chi connectivity index (χ0n) is 13.2. The van der Waals surface area contributed by atoms with E-state index < -0.39 is 0 Å². The summed E-state index contributed by atoms with van der Waals surface area (Å²) in [5.74, 6) is 3.05. The van der Waals surface area contributed by atoms with Gasteiger partial charge in [-0.25, -0.2) is 0 Å². The number of fused-ring (bicyclic) bond motifs is 1. The summed E-state index contributed by atoms with van der Waals surface area (Å²) in [5, 5.41) is 6.51. The van der Waals surface area contributed by atoms with Crippen LogP contribution < -0.4 is 24.8 Å². The second kappa shape index (κ2) is 9.60. The van der Waals surface area contributed by atoms with Crippen LogP contribution in [0.4, 0.5) is 0 Å². The second-order valence-corrected chi connectivity index (χ2v) is 4.82. The summed E-state index contributed by atoms with van der Waals surface area (Å²) in [5.41, 5.74) is 0. The van der Waals surface area contributed by atoms with Crippen molar-refractivity contribution in [3.63, 3.8) is 0 Å². The van der Waals surface area contributed by atoms with Gasteiger partial charge in [-0.1, -0.05) is 6.92 Å². The fourth-order valence-electron chi connectivity index (χ4n) is 1.84. The number of guanidine groups is 1. The summed E-state index contributed by atoms with van der Waals surface area (Å²) in [7, 11) is 1.76. The minimum Gasteiger partial charge on any atom is -0.492 e. The van der Waals surface area contributed by atoms with E-state index in [9.17, 15) is 0 Å². The first-order chi connectivity index (χ1) is 10.2. The van der Waals surface area contributed by atoms with Crippen LogP contribution in [0.5, 0.6) is 17.2 Å². The molecule has 1 aromatic rings. The maximum Gasteiger partial charge on any atom is 0.231 e. The minimum absolute atomic E-state index is 0. The van der Waals surface area contributed by atoms with Gasteiger partial charge in [-0.2, -0.15) is 0 Å². The predicted octanol–water partition coefficient (Wildman–Crippen LogP) is 2.38. The first-order valence-electron chi connectivity index (χ1n) is 7.22. The van der Waals surface area contributed by atoms with Crippen LogP contribution in [0.25, 0.3) is 0 Å². The third-order valence-electron chi connectivity index (χ3n) is 3.23. The van der Waals surface area contributed by atoms with E-state index in [1.54, 1.807) is 7.05 Å². The van der Waals surface area contributed by atoms with Crippen LogP contribution >= 0.6 is 24.0 Å². The normalized spacial score (nSPS) is 14.0. The maximum atomic E-state index is 5.68. The number of hydrogen-bond donors (Lipinski definition) is 2. The van der Waals surface area contributed by atoms with Crippen molar-refractivity contribution in [3.05, 3.63) is 18.2 Å². The highest BCUT2D eigenvalue weighted by Crippen LogP contribution is 2.34. The van der Waals surface area contributed by atoms with E-state index in [0.717, 1.165) is 29.6 Å². The molecule has 124 valence electrons. The number of nitrogens with one attached hydrogen (secondary N) is 2. The molecule has 2 rings (SSSR count). The van der Waals surface area contributed by atoms with Crippen LogP contribution in [0.2, 0.25) is 0 Å². The molecule has 0 aliphatic carbocycles. The molecule has 0 spiro atoms. The van der Waals surface area contributed by atoms with Crippen LogP contribution in [0.1, 0.15) is 20.3 Å². The molecule has 6 nitrogen and oxygen atoms in total. The molecule has 22 heavy (non-hydrogen) atoms. The Hall–Kier alpha value is -1.38. The quantitative estimate of drug-likeness (QED) is 0.320. The molecular formula is C15H24IN3O3. The average molecular weight is 421 g/mol. The molecule has 2 N–H and O–H groups in total. The third-order valence-corrected chi connectivity index (χ3v) is 3.23. The Morgan fingerprint density at radius 1 is 1.36 bits per heavy atom. The molecule has 0 amide bonds. The average Bonchev–Trinajstić information content (AvgIpc) is 2.97. The molecule has 0 saturated heterocycles. The molecule has 0 aromatic heterocycles. The van der Waals surface area contributed by atoms with Crippen molar-refractivity contribution in [1.82, 2.24) is 10.6 Å². The Morgan fingerprint density at radius 2 is 2.14 bits per heavy atom. The van der Waals surface area contributed by atoms with Gasteiger partial charge in [0, 0.05) is 19.2 Å². The minimum atomic E-state index is 0. The van der Waals surface area contributed by atoms with Crippen LogP contribution in [-0.4, -0.2) is 39.0 Å². The van der Waals surface area contributed by atoms with E-state index in [-0.39, 0.29) is 30.8 Å². The topological polar surface area (TPSA) is 64.1 Å². The number of nitrogens with zero attached hydrogens (tertiary/aromatic N) is 1. The number of rotatable bonds is 6. The van der Waals surface area contributed by atoms with Gasteiger partial charge in [0.25, 0.3) is 0 Å². The van der Waals surface area contributed by atoms with Gasteiger partial charge in [0.2, 0.25) is 6.79 Å². The van der Waals surface area contributed by atoms with Crippen molar-refractivity contribution in [2.24, 2.45) is 4.99 Å². The molecule has 1 heterocycles. The van der Waals surface area contributed by atoms with E-state index in [2.05, 4.69) is 29.5 Å². The number of hydrogen-bond acceptors (Lipinski definition) is 4. The molecule has 1 aliphatic heterocycles. The summed E-state index contributed by atoms with van der Waals surface area (Å²) in [6.07, 6.45) is 1.05. The predicted molar refractivity (Wildman–Crippen MR) is 97.7 cm³/mol. The molecule has 0 radical (unpaired) electrons. The number of halogens is 1. The van der Waals surface area contributed by atoms with Gasteiger partial charge >= 0.3 is 0 Å². The highest BCUT2D eigenvalue weighted by molar-refractivity contribution is 14.0. The largest absolute Gasteiger partial charge is 0.492 e. The summed E-state index contributed by atoms with van der Waals surface area (Å²) < 4.78 is 16.2. The molecule has 0 bridgehead atoms. The zero-order valence-corrected chi connectivity index (χ0v) is 15.5. The highest BCUT2D eigenvalue weighted by atomic mass is 127. The Labute approximate surface area is 148 Å². The van der Waals surface area contributed by atoms with Gasteiger partial charge in [0.15, 0.2) is 17.5 Å². The van der Waals surface area contributed by atoms with Crippen LogP contribution in [-0.2, 0) is 0 Å². The highest BCUT2D eigenvalue weighted by Gasteiger charge is 2.13. The first kappa shape index (κ1) is 18.7. The first-order valence-corrected chi connectivity index (χ1v) is 7.22. The Morgan fingerprint density at radius 3 is 2.86 bits per heavy atom. The molecule has 7 heteroatoms. The molecule has 0 fully saturated rings. The monoisotopic (exact) mass is 421 g/mol. The van der Waals surface area contributed by atoms with Gasteiger partial charge in [-0.05, 0) is 25.5 Å². The number of aliphatic imine (C=N–C) groups is 1. The smallest absolute Gasteiger partial charge is 0.231 e. The lowest BCUT2D eigenvalue weighted by Crippen LogP contribution is -2.43. The lowest BCUT2D eigenvalue weighted by Gasteiger charge is -2.16. The summed E-state index contributed by atoms with van der Waals surface area (Å²) in [4.78, 5) is 4.17. The molecular weight excluding hydrogens is 397 g/mol. The number of benzene rings is 1. The van der Waals surface area contributed by atoms with Gasteiger partial charge in [-0.3, -0.25) is 4.99 Å². The molecule has 1 aliphatic rings. The van der Waals surface area contributed by atoms with E-state index >= 15 is 0 Å². The van der Waals surface area contributed by atoms with E-state index in [0.29, 0.717) is 19.2 Å². The van der Waals surface area contributed by atoms with Gasteiger partial charge in [0.05, 0.1) is 6.54 Å². The van der Waals surface area contributed by atoms with Gasteiger partial charge in [-0.15, -0.1) is 24.0 Å². The Balaban J connectivity index is 0.00000242. The van der Waals surface area contributed by atoms with Crippen LogP contribution in [0.3, 0.4) is 0 Å². The van der Waals surface area contributed by atoms with Crippen molar-refractivity contribution in [3.8, 4) is 17.2 Å². The fraction of sp³-hybridized carbons (Fsp3) is 0.533. The van der Waals surface area contributed by atoms with Gasteiger partial charge in [0.1, 0.15) is 12.4 Å². The zero-order chi connectivity index (χ0) is 15.1. The lowest BCUT2D eigenvalue weighted by atomic mass is 10.3. The number of ether oxygens (including phenoxy) is 3.